The lowest BCUT2D eigenvalue weighted by molar-refractivity contribution is 0.669. The highest BCUT2D eigenvalue weighted by Crippen LogP contribution is 2.36. The number of nitrogens with zero attached hydrogens (tertiary/aromatic N) is 2. The number of rotatable bonds is 6. The number of fused-ring (bicyclic) bond motifs is 3. The fraction of sp³-hybridized carbons (Fsp3) is 0.0222. The molecule has 0 spiro atoms. The van der Waals surface area contributed by atoms with Crippen LogP contribution in [0.1, 0.15) is 22.9 Å². The van der Waals surface area contributed by atoms with Gasteiger partial charge in [0.2, 0.25) is 0 Å². The first-order chi connectivity index (χ1) is 24.3. The van der Waals surface area contributed by atoms with Gasteiger partial charge in [-0.3, -0.25) is 0 Å². The molecule has 49 heavy (non-hydrogen) atoms. The maximum atomic E-state index is 6.44. The molecule has 4 nitrogen and oxygen atoms in total. The van der Waals surface area contributed by atoms with Crippen LogP contribution in [0.5, 0.6) is 0 Å². The molecule has 0 amide bonds. The van der Waals surface area contributed by atoms with Gasteiger partial charge in [-0.25, -0.2) is 9.98 Å². The van der Waals surface area contributed by atoms with E-state index in [0.717, 1.165) is 67.0 Å². The molecule has 0 saturated heterocycles. The molecule has 1 unspecified atom stereocenters. The molecule has 0 bridgehead atoms. The molecule has 232 valence electrons. The second-order valence-electron chi connectivity index (χ2n) is 12.2. The van der Waals surface area contributed by atoms with Gasteiger partial charge in [-0.2, -0.15) is 0 Å². The number of nitrogens with one attached hydrogen (secondary N) is 1. The first-order valence-corrected chi connectivity index (χ1v) is 16.5. The molecule has 1 aliphatic heterocycles. The second-order valence-corrected chi connectivity index (χ2v) is 12.2. The van der Waals surface area contributed by atoms with Crippen LogP contribution < -0.4 is 5.32 Å². The van der Waals surface area contributed by atoms with Crippen LogP contribution >= 0.6 is 0 Å². The van der Waals surface area contributed by atoms with Gasteiger partial charge in [0.1, 0.15) is 22.8 Å². The molecule has 7 aromatic carbocycles. The van der Waals surface area contributed by atoms with Crippen molar-refractivity contribution in [3.63, 3.8) is 0 Å². The Morgan fingerprint density at radius 1 is 0.408 bits per heavy atom. The summed E-state index contributed by atoms with van der Waals surface area (Å²) < 4.78 is 6.44. The Morgan fingerprint density at radius 2 is 0.918 bits per heavy atom. The Bertz CT molecular complexity index is 2480. The Labute approximate surface area is 284 Å². The monoisotopic (exact) mass is 629 g/mol. The number of aliphatic imine (C=N–C) groups is 2. The van der Waals surface area contributed by atoms with Crippen molar-refractivity contribution in [1.29, 1.82) is 0 Å². The third-order valence-corrected chi connectivity index (χ3v) is 9.18. The van der Waals surface area contributed by atoms with Crippen molar-refractivity contribution in [1.82, 2.24) is 5.32 Å². The van der Waals surface area contributed by atoms with Crippen LogP contribution in [-0.2, 0) is 0 Å². The smallest absolute Gasteiger partial charge is 0.169 e. The molecule has 1 N–H and O–H groups in total. The Morgan fingerprint density at radius 3 is 1.55 bits per heavy atom. The molecular formula is C45H31N3O. The summed E-state index contributed by atoms with van der Waals surface area (Å²) in [5, 5.41) is 5.67. The molecule has 4 heteroatoms. The van der Waals surface area contributed by atoms with Crippen molar-refractivity contribution < 1.29 is 4.42 Å². The average Bonchev–Trinajstić information content (AvgIpc) is 3.57. The molecule has 0 saturated carbocycles. The summed E-state index contributed by atoms with van der Waals surface area (Å²) in [6.45, 7) is 0. The first kappa shape index (κ1) is 28.7. The average molecular weight is 630 g/mol. The van der Waals surface area contributed by atoms with Gasteiger partial charge in [-0.1, -0.05) is 158 Å². The molecule has 0 aliphatic carbocycles. The van der Waals surface area contributed by atoms with Gasteiger partial charge in [-0.15, -0.1) is 0 Å². The Hall–Kier alpha value is -6.52. The van der Waals surface area contributed by atoms with Crippen LogP contribution in [0.25, 0.3) is 55.3 Å². The first-order valence-electron chi connectivity index (χ1n) is 16.5. The Kier molecular flexibility index (Phi) is 7.17. The zero-order valence-corrected chi connectivity index (χ0v) is 26.6. The summed E-state index contributed by atoms with van der Waals surface area (Å²) >= 11 is 0. The second kappa shape index (κ2) is 12.3. The number of furan rings is 1. The van der Waals surface area contributed by atoms with E-state index in [1.807, 2.05) is 42.5 Å². The number of benzene rings is 7. The highest BCUT2D eigenvalue weighted by molar-refractivity contribution is 6.23. The summed E-state index contributed by atoms with van der Waals surface area (Å²) in [7, 11) is 0. The van der Waals surface area contributed by atoms with Crippen LogP contribution in [0.2, 0.25) is 0 Å². The lowest BCUT2D eigenvalue weighted by atomic mass is 9.99. The van der Waals surface area contributed by atoms with Crippen LogP contribution in [-0.4, -0.2) is 11.7 Å². The summed E-state index contributed by atoms with van der Waals surface area (Å²) in [5.74, 6) is 1.55. The van der Waals surface area contributed by atoms with Crippen LogP contribution in [0.4, 0.5) is 0 Å². The normalized spacial score (nSPS) is 14.3. The topological polar surface area (TPSA) is 49.9 Å². The van der Waals surface area contributed by atoms with Crippen molar-refractivity contribution in [2.75, 3.05) is 0 Å². The summed E-state index contributed by atoms with van der Waals surface area (Å²) in [6.07, 6.45) is -0.418. The van der Waals surface area contributed by atoms with E-state index in [2.05, 4.69) is 139 Å². The van der Waals surface area contributed by atoms with Crippen LogP contribution in [0, 0.1) is 0 Å². The molecule has 0 radical (unpaired) electrons. The Balaban J connectivity index is 1.09. The highest BCUT2D eigenvalue weighted by Gasteiger charge is 2.23. The quantitative estimate of drug-likeness (QED) is 0.199. The third kappa shape index (κ3) is 5.49. The summed E-state index contributed by atoms with van der Waals surface area (Å²) in [4.78, 5) is 10.3. The van der Waals surface area contributed by atoms with E-state index in [9.17, 15) is 0 Å². The zero-order chi connectivity index (χ0) is 32.6. The van der Waals surface area contributed by atoms with E-state index in [0.29, 0.717) is 0 Å². The molecule has 1 atom stereocenters. The van der Waals surface area contributed by atoms with Gasteiger partial charge in [0.05, 0.1) is 0 Å². The van der Waals surface area contributed by atoms with E-state index in [1.54, 1.807) is 0 Å². The molecule has 9 rings (SSSR count). The maximum Gasteiger partial charge on any atom is 0.169 e. The molecular weight excluding hydrogens is 599 g/mol. The molecule has 1 aliphatic rings. The minimum Gasteiger partial charge on any atom is -0.456 e. The predicted molar refractivity (Wildman–Crippen MR) is 202 cm³/mol. The largest absolute Gasteiger partial charge is 0.456 e. The summed E-state index contributed by atoms with van der Waals surface area (Å²) in [6, 6.07) is 61.0. The maximum absolute atomic E-state index is 6.44. The third-order valence-electron chi connectivity index (χ3n) is 9.18. The minimum atomic E-state index is -0.418. The van der Waals surface area contributed by atoms with Gasteiger partial charge in [0.15, 0.2) is 6.17 Å². The fourth-order valence-electron chi connectivity index (χ4n) is 6.65. The van der Waals surface area contributed by atoms with Crippen molar-refractivity contribution in [3.05, 3.63) is 193 Å². The lowest BCUT2D eigenvalue weighted by Gasteiger charge is -2.23. The van der Waals surface area contributed by atoms with E-state index >= 15 is 0 Å². The van der Waals surface area contributed by atoms with E-state index in [-0.39, 0.29) is 0 Å². The van der Waals surface area contributed by atoms with Crippen molar-refractivity contribution in [2.24, 2.45) is 9.98 Å². The van der Waals surface area contributed by atoms with Crippen molar-refractivity contribution >= 4 is 33.6 Å². The SMILES string of the molecule is c1ccc(C2=NC(c3ccc(-c4ccc(-c5ccccc5)cc4)cc3)N=C(c3cccc4oc5cc(-c6ccccc6)ccc5c34)N2)cc1. The van der Waals surface area contributed by atoms with Gasteiger partial charge in [0.25, 0.3) is 0 Å². The zero-order valence-electron chi connectivity index (χ0n) is 26.6. The van der Waals surface area contributed by atoms with Gasteiger partial charge in [0, 0.05) is 21.9 Å². The van der Waals surface area contributed by atoms with Crippen molar-refractivity contribution in [2.45, 2.75) is 6.17 Å². The van der Waals surface area contributed by atoms with Gasteiger partial charge in [-0.05, 0) is 57.1 Å². The number of hydrogen-bond acceptors (Lipinski definition) is 4. The molecule has 8 aromatic rings. The van der Waals surface area contributed by atoms with E-state index in [4.69, 9.17) is 14.4 Å². The lowest BCUT2D eigenvalue weighted by Crippen LogP contribution is -2.36. The molecule has 0 fully saturated rings. The van der Waals surface area contributed by atoms with E-state index in [1.165, 1.54) is 16.7 Å². The number of amidine groups is 2. The van der Waals surface area contributed by atoms with Gasteiger partial charge >= 0.3 is 0 Å². The van der Waals surface area contributed by atoms with Gasteiger partial charge < -0.3 is 9.73 Å². The standard InChI is InChI=1S/C45H31N3O/c1-4-11-30(12-5-1)32-19-21-33(22-20-32)34-23-25-36(26-24-34)44-46-43(35-15-8-3-9-16-35)47-45(48-44)39-17-10-18-40-42(39)38-28-27-37(29-41(38)49-40)31-13-6-2-7-14-31/h1-29,44H,(H,46,47,48). The van der Waals surface area contributed by atoms with Crippen LogP contribution in [0.3, 0.4) is 0 Å². The molecule has 1 aromatic heterocycles. The fourth-order valence-corrected chi connectivity index (χ4v) is 6.65. The summed E-state index contributed by atoms with van der Waals surface area (Å²) in [5.41, 5.74) is 11.7. The number of hydrogen-bond donors (Lipinski definition) is 1. The highest BCUT2D eigenvalue weighted by atomic mass is 16.3. The molecule has 2 heterocycles. The van der Waals surface area contributed by atoms with Crippen molar-refractivity contribution in [3.8, 4) is 33.4 Å². The van der Waals surface area contributed by atoms with E-state index < -0.39 is 6.17 Å². The minimum absolute atomic E-state index is 0.418. The van der Waals surface area contributed by atoms with Crippen LogP contribution in [0.15, 0.2) is 190 Å². The predicted octanol–water partition coefficient (Wildman–Crippen LogP) is 11.1.